The largest absolute Gasteiger partial charge is 0.241 e. The normalized spacial score (nSPS) is 17.4. The number of benzene rings is 1. The molecule has 0 saturated heterocycles. The van der Waals surface area contributed by atoms with Crippen LogP contribution < -0.4 is 4.72 Å². The van der Waals surface area contributed by atoms with E-state index in [1.165, 1.54) is 18.2 Å². The molecule has 0 radical (unpaired) electrons. The van der Waals surface area contributed by atoms with Crippen molar-refractivity contribution in [1.29, 1.82) is 10.5 Å². The predicted molar refractivity (Wildman–Crippen MR) is 73.0 cm³/mol. The van der Waals surface area contributed by atoms with Crippen molar-refractivity contribution in [2.24, 2.45) is 0 Å². The molecule has 0 atom stereocenters. The summed E-state index contributed by atoms with van der Waals surface area (Å²) >= 11 is 0. The molecule has 1 aliphatic carbocycles. The fraction of sp³-hybridized carbons (Fsp3) is 0.429. The fourth-order valence-corrected chi connectivity index (χ4v) is 3.92. The van der Waals surface area contributed by atoms with E-state index in [4.69, 9.17) is 5.26 Å². The van der Waals surface area contributed by atoms with Crippen molar-refractivity contribution in [3.8, 4) is 12.1 Å². The van der Waals surface area contributed by atoms with Gasteiger partial charge in [-0.2, -0.15) is 15.2 Å². The zero-order valence-corrected chi connectivity index (χ0v) is 12.0. The standard InChI is InChI=1S/C14H15N3O2S/c1-11-8-13(5-4-12(11)9-15)20(18,19)17-14(10-16)6-2-3-7-14/h4-5,8,17H,2-3,6-7H2,1H3. The molecule has 0 aromatic heterocycles. The summed E-state index contributed by atoms with van der Waals surface area (Å²) in [6.45, 7) is 1.69. The summed E-state index contributed by atoms with van der Waals surface area (Å²) in [5.74, 6) is 0. The Bertz CT molecular complexity index is 705. The van der Waals surface area contributed by atoms with E-state index in [2.05, 4.69) is 10.8 Å². The van der Waals surface area contributed by atoms with Crippen LogP contribution in [0.1, 0.15) is 36.8 Å². The second-order valence-electron chi connectivity index (χ2n) is 5.10. The average Bonchev–Trinajstić information content (AvgIpc) is 2.87. The van der Waals surface area contributed by atoms with Gasteiger partial charge in [-0.3, -0.25) is 0 Å². The highest BCUT2D eigenvalue weighted by Gasteiger charge is 2.38. The molecule has 1 aliphatic rings. The number of nitrogens with zero attached hydrogens (tertiary/aromatic N) is 2. The molecule has 0 aliphatic heterocycles. The van der Waals surface area contributed by atoms with Crippen LogP contribution in [0.4, 0.5) is 0 Å². The van der Waals surface area contributed by atoms with Crippen molar-refractivity contribution in [3.05, 3.63) is 29.3 Å². The molecule has 0 spiro atoms. The third kappa shape index (κ3) is 2.67. The van der Waals surface area contributed by atoms with E-state index in [0.29, 0.717) is 24.0 Å². The molecule has 1 N–H and O–H groups in total. The van der Waals surface area contributed by atoms with Crippen LogP contribution in [0.2, 0.25) is 0 Å². The van der Waals surface area contributed by atoms with Crippen LogP contribution in [0.25, 0.3) is 0 Å². The van der Waals surface area contributed by atoms with Crippen molar-refractivity contribution in [3.63, 3.8) is 0 Å². The Morgan fingerprint density at radius 3 is 2.40 bits per heavy atom. The fourth-order valence-electron chi connectivity index (χ4n) is 2.46. The van der Waals surface area contributed by atoms with Crippen molar-refractivity contribution in [1.82, 2.24) is 4.72 Å². The third-order valence-corrected chi connectivity index (χ3v) is 5.16. The van der Waals surface area contributed by atoms with E-state index in [9.17, 15) is 13.7 Å². The van der Waals surface area contributed by atoms with E-state index in [-0.39, 0.29) is 4.90 Å². The second kappa shape index (κ2) is 5.24. The number of hydrogen-bond acceptors (Lipinski definition) is 4. The minimum Gasteiger partial charge on any atom is -0.207 e. The van der Waals surface area contributed by atoms with E-state index < -0.39 is 15.6 Å². The SMILES string of the molecule is Cc1cc(S(=O)(=O)NC2(C#N)CCCC2)ccc1C#N. The number of aryl methyl sites for hydroxylation is 1. The van der Waals surface area contributed by atoms with Crippen molar-refractivity contribution < 1.29 is 8.42 Å². The molecular formula is C14H15N3O2S. The van der Waals surface area contributed by atoms with Gasteiger partial charge in [-0.15, -0.1) is 0 Å². The molecule has 1 aromatic carbocycles. The van der Waals surface area contributed by atoms with Gasteiger partial charge in [-0.05, 0) is 43.5 Å². The van der Waals surface area contributed by atoms with Crippen LogP contribution in [0, 0.1) is 29.6 Å². The molecule has 0 heterocycles. The van der Waals surface area contributed by atoms with Crippen LogP contribution in [0.5, 0.6) is 0 Å². The van der Waals surface area contributed by atoms with Gasteiger partial charge in [0.05, 0.1) is 22.6 Å². The van der Waals surface area contributed by atoms with Gasteiger partial charge in [0.25, 0.3) is 0 Å². The van der Waals surface area contributed by atoms with Crippen LogP contribution >= 0.6 is 0 Å². The van der Waals surface area contributed by atoms with Crippen LogP contribution in [-0.4, -0.2) is 14.0 Å². The first kappa shape index (κ1) is 14.5. The Labute approximate surface area is 118 Å². The molecule has 20 heavy (non-hydrogen) atoms. The highest BCUT2D eigenvalue weighted by atomic mass is 32.2. The molecule has 6 heteroatoms. The van der Waals surface area contributed by atoms with Crippen molar-refractivity contribution >= 4 is 10.0 Å². The van der Waals surface area contributed by atoms with Crippen molar-refractivity contribution in [2.75, 3.05) is 0 Å². The highest BCUT2D eigenvalue weighted by Crippen LogP contribution is 2.30. The van der Waals surface area contributed by atoms with Crippen LogP contribution in [0.3, 0.4) is 0 Å². The number of rotatable bonds is 3. The molecule has 104 valence electrons. The highest BCUT2D eigenvalue weighted by molar-refractivity contribution is 7.89. The topological polar surface area (TPSA) is 93.8 Å². The van der Waals surface area contributed by atoms with Gasteiger partial charge in [0, 0.05) is 0 Å². The van der Waals surface area contributed by atoms with E-state index in [1.54, 1.807) is 6.92 Å². The minimum absolute atomic E-state index is 0.0931. The number of nitrogens with one attached hydrogen (secondary N) is 1. The van der Waals surface area contributed by atoms with Gasteiger partial charge in [0.1, 0.15) is 5.54 Å². The van der Waals surface area contributed by atoms with Gasteiger partial charge in [-0.25, -0.2) is 8.42 Å². The first-order valence-corrected chi connectivity index (χ1v) is 7.87. The predicted octanol–water partition coefficient (Wildman–Crippen LogP) is 1.98. The quantitative estimate of drug-likeness (QED) is 0.920. The maximum atomic E-state index is 12.4. The average molecular weight is 289 g/mol. The molecule has 0 amide bonds. The molecule has 0 bridgehead atoms. The zero-order chi connectivity index (χ0) is 14.8. The lowest BCUT2D eigenvalue weighted by Crippen LogP contribution is -2.44. The maximum Gasteiger partial charge on any atom is 0.241 e. The maximum absolute atomic E-state index is 12.4. The number of sulfonamides is 1. The first-order chi connectivity index (χ1) is 9.42. The lowest BCUT2D eigenvalue weighted by atomic mass is 10.0. The molecule has 5 nitrogen and oxygen atoms in total. The molecule has 1 fully saturated rings. The summed E-state index contributed by atoms with van der Waals surface area (Å²) in [7, 11) is -3.74. The summed E-state index contributed by atoms with van der Waals surface area (Å²) in [6, 6.07) is 8.44. The van der Waals surface area contributed by atoms with Gasteiger partial charge in [0.15, 0.2) is 0 Å². The summed E-state index contributed by atoms with van der Waals surface area (Å²) in [6.07, 6.45) is 2.78. The van der Waals surface area contributed by atoms with Gasteiger partial charge in [-0.1, -0.05) is 12.8 Å². The summed E-state index contributed by atoms with van der Waals surface area (Å²) in [5.41, 5.74) is 0.0632. The Morgan fingerprint density at radius 1 is 1.25 bits per heavy atom. The Balaban J connectivity index is 2.34. The number of hydrogen-bond donors (Lipinski definition) is 1. The Hall–Kier alpha value is -1.89. The van der Waals surface area contributed by atoms with E-state index in [1.807, 2.05) is 6.07 Å². The van der Waals surface area contributed by atoms with Crippen molar-refractivity contribution in [2.45, 2.75) is 43.0 Å². The molecule has 2 rings (SSSR count). The molecule has 1 saturated carbocycles. The van der Waals surface area contributed by atoms with Gasteiger partial charge >= 0.3 is 0 Å². The summed E-state index contributed by atoms with van der Waals surface area (Å²) in [4.78, 5) is 0.0931. The zero-order valence-electron chi connectivity index (χ0n) is 11.2. The molecular weight excluding hydrogens is 274 g/mol. The minimum atomic E-state index is -3.74. The smallest absolute Gasteiger partial charge is 0.207 e. The Morgan fingerprint density at radius 2 is 1.90 bits per heavy atom. The van der Waals surface area contributed by atoms with Crippen LogP contribution in [-0.2, 0) is 10.0 Å². The third-order valence-electron chi connectivity index (χ3n) is 3.63. The lowest BCUT2D eigenvalue weighted by molar-refractivity contribution is 0.485. The van der Waals surface area contributed by atoms with E-state index in [0.717, 1.165) is 12.8 Å². The van der Waals surface area contributed by atoms with E-state index >= 15 is 0 Å². The van der Waals surface area contributed by atoms with Gasteiger partial charge < -0.3 is 0 Å². The number of nitriles is 2. The van der Waals surface area contributed by atoms with Gasteiger partial charge in [0.2, 0.25) is 10.0 Å². The summed E-state index contributed by atoms with van der Waals surface area (Å²) < 4.78 is 27.2. The first-order valence-electron chi connectivity index (χ1n) is 6.38. The molecule has 1 aromatic rings. The Kier molecular flexibility index (Phi) is 3.80. The monoisotopic (exact) mass is 289 g/mol. The molecule has 0 unspecified atom stereocenters. The van der Waals surface area contributed by atoms with Crippen LogP contribution in [0.15, 0.2) is 23.1 Å². The summed E-state index contributed by atoms with van der Waals surface area (Å²) in [5, 5.41) is 18.1. The lowest BCUT2D eigenvalue weighted by Gasteiger charge is -2.21. The second-order valence-corrected chi connectivity index (χ2v) is 6.78.